The Morgan fingerprint density at radius 3 is 2.55 bits per heavy atom. The van der Waals surface area contributed by atoms with Crippen molar-refractivity contribution < 1.29 is 9.13 Å². The molecule has 20 heavy (non-hydrogen) atoms. The molecule has 0 spiro atoms. The maximum absolute atomic E-state index is 14.2. The molecule has 2 aromatic rings. The second-order valence-corrected chi connectivity index (χ2v) is 4.76. The zero-order chi connectivity index (χ0) is 14.7. The molecular formula is C16H19FN2O. The van der Waals surface area contributed by atoms with E-state index < -0.39 is 0 Å². The molecule has 2 rings (SSSR count). The van der Waals surface area contributed by atoms with Crippen molar-refractivity contribution >= 4 is 11.4 Å². The Morgan fingerprint density at radius 2 is 1.95 bits per heavy atom. The van der Waals surface area contributed by atoms with Gasteiger partial charge in [0.1, 0.15) is 11.6 Å². The minimum atomic E-state index is -0.287. The largest absolute Gasteiger partial charge is 0.497 e. The Bertz CT molecular complexity index is 599. The highest BCUT2D eigenvalue weighted by Crippen LogP contribution is 2.29. The van der Waals surface area contributed by atoms with Gasteiger partial charge >= 0.3 is 0 Å². The van der Waals surface area contributed by atoms with E-state index in [2.05, 4.69) is 0 Å². The van der Waals surface area contributed by atoms with E-state index in [0.29, 0.717) is 5.69 Å². The van der Waals surface area contributed by atoms with Crippen LogP contribution in [0.5, 0.6) is 5.75 Å². The second-order valence-electron chi connectivity index (χ2n) is 4.76. The molecule has 1 atom stereocenters. The van der Waals surface area contributed by atoms with Crippen LogP contribution in [0.2, 0.25) is 0 Å². The van der Waals surface area contributed by atoms with Crippen LogP contribution in [0.1, 0.15) is 18.5 Å². The number of hydrogen-bond acceptors (Lipinski definition) is 3. The predicted octanol–water partition coefficient (Wildman–Crippen LogP) is 3.62. The molecule has 4 heteroatoms. The van der Waals surface area contributed by atoms with Crippen molar-refractivity contribution in [2.24, 2.45) is 5.73 Å². The van der Waals surface area contributed by atoms with Gasteiger partial charge in [0.05, 0.1) is 12.8 Å². The second kappa shape index (κ2) is 5.92. The van der Waals surface area contributed by atoms with Crippen LogP contribution in [0.4, 0.5) is 15.8 Å². The van der Waals surface area contributed by atoms with Gasteiger partial charge < -0.3 is 15.4 Å². The van der Waals surface area contributed by atoms with E-state index >= 15 is 0 Å². The van der Waals surface area contributed by atoms with Gasteiger partial charge in [0.2, 0.25) is 0 Å². The van der Waals surface area contributed by atoms with Crippen LogP contribution in [0, 0.1) is 5.82 Å². The van der Waals surface area contributed by atoms with E-state index in [1.165, 1.54) is 6.07 Å². The van der Waals surface area contributed by atoms with Crippen molar-refractivity contribution in [3.63, 3.8) is 0 Å². The first-order valence-electron chi connectivity index (χ1n) is 6.45. The molecule has 0 fully saturated rings. The molecule has 0 saturated heterocycles. The number of nitrogens with zero attached hydrogens (tertiary/aromatic N) is 1. The van der Waals surface area contributed by atoms with Crippen LogP contribution in [-0.2, 0) is 0 Å². The maximum atomic E-state index is 14.2. The molecule has 0 aliphatic heterocycles. The molecule has 0 saturated carbocycles. The minimum absolute atomic E-state index is 0.180. The van der Waals surface area contributed by atoms with Gasteiger partial charge in [-0.3, -0.25) is 0 Å². The molecular weight excluding hydrogens is 255 g/mol. The third-order valence-corrected chi connectivity index (χ3v) is 3.30. The number of ether oxygens (including phenoxy) is 1. The Hall–Kier alpha value is -2.07. The fourth-order valence-corrected chi connectivity index (χ4v) is 2.04. The lowest BCUT2D eigenvalue weighted by Gasteiger charge is -2.21. The SMILES string of the molecule is COc1cccc(N(C)c2ccc(C(C)N)cc2F)c1. The fourth-order valence-electron chi connectivity index (χ4n) is 2.04. The smallest absolute Gasteiger partial charge is 0.147 e. The Morgan fingerprint density at radius 1 is 1.20 bits per heavy atom. The summed E-state index contributed by atoms with van der Waals surface area (Å²) in [5, 5.41) is 0. The molecule has 2 aromatic carbocycles. The summed E-state index contributed by atoms with van der Waals surface area (Å²) in [6.45, 7) is 1.83. The zero-order valence-corrected chi connectivity index (χ0v) is 11.9. The van der Waals surface area contributed by atoms with E-state index in [-0.39, 0.29) is 11.9 Å². The molecule has 3 nitrogen and oxygen atoms in total. The van der Waals surface area contributed by atoms with Gasteiger partial charge in [0, 0.05) is 24.8 Å². The molecule has 0 heterocycles. The molecule has 106 valence electrons. The molecule has 0 radical (unpaired) electrons. The average Bonchev–Trinajstić information content (AvgIpc) is 2.46. The Kier molecular flexibility index (Phi) is 4.25. The lowest BCUT2D eigenvalue weighted by atomic mass is 10.1. The Balaban J connectivity index is 2.35. The number of benzene rings is 2. The van der Waals surface area contributed by atoms with Crippen molar-refractivity contribution in [2.45, 2.75) is 13.0 Å². The van der Waals surface area contributed by atoms with E-state index in [4.69, 9.17) is 10.5 Å². The molecule has 0 amide bonds. The number of anilines is 2. The first-order chi connectivity index (χ1) is 9.52. The monoisotopic (exact) mass is 274 g/mol. The number of halogens is 1. The summed E-state index contributed by atoms with van der Waals surface area (Å²) < 4.78 is 19.4. The zero-order valence-electron chi connectivity index (χ0n) is 11.9. The van der Waals surface area contributed by atoms with Gasteiger partial charge in [0.25, 0.3) is 0 Å². The van der Waals surface area contributed by atoms with Gasteiger partial charge in [0.15, 0.2) is 0 Å². The van der Waals surface area contributed by atoms with Crippen LogP contribution in [0.3, 0.4) is 0 Å². The van der Waals surface area contributed by atoms with Crippen LogP contribution in [-0.4, -0.2) is 14.2 Å². The minimum Gasteiger partial charge on any atom is -0.497 e. The van der Waals surface area contributed by atoms with Crippen molar-refractivity contribution in [3.05, 3.63) is 53.8 Å². The lowest BCUT2D eigenvalue weighted by molar-refractivity contribution is 0.415. The van der Waals surface area contributed by atoms with E-state index in [0.717, 1.165) is 17.0 Å². The highest BCUT2D eigenvalue weighted by molar-refractivity contribution is 5.64. The van der Waals surface area contributed by atoms with Crippen molar-refractivity contribution in [2.75, 3.05) is 19.1 Å². The fraction of sp³-hybridized carbons (Fsp3) is 0.250. The van der Waals surface area contributed by atoms with E-state index in [9.17, 15) is 4.39 Å². The third-order valence-electron chi connectivity index (χ3n) is 3.30. The van der Waals surface area contributed by atoms with Gasteiger partial charge in [-0.1, -0.05) is 12.1 Å². The summed E-state index contributed by atoms with van der Waals surface area (Å²) in [7, 11) is 3.43. The lowest BCUT2D eigenvalue weighted by Crippen LogP contribution is -2.12. The summed E-state index contributed by atoms with van der Waals surface area (Å²) >= 11 is 0. The summed E-state index contributed by atoms with van der Waals surface area (Å²) in [5.74, 6) is 0.451. The predicted molar refractivity (Wildman–Crippen MR) is 80.1 cm³/mol. The van der Waals surface area contributed by atoms with Gasteiger partial charge in [-0.25, -0.2) is 4.39 Å². The molecule has 1 unspecified atom stereocenters. The maximum Gasteiger partial charge on any atom is 0.147 e. The van der Waals surface area contributed by atoms with Gasteiger partial charge in [-0.05, 0) is 36.8 Å². The molecule has 0 aromatic heterocycles. The summed E-state index contributed by atoms with van der Waals surface area (Å²) in [6, 6.07) is 12.4. The number of nitrogens with two attached hydrogens (primary N) is 1. The van der Waals surface area contributed by atoms with Crippen LogP contribution >= 0.6 is 0 Å². The normalized spacial score (nSPS) is 12.1. The summed E-state index contributed by atoms with van der Waals surface area (Å²) in [5.41, 5.74) is 7.90. The van der Waals surface area contributed by atoms with Crippen LogP contribution in [0.15, 0.2) is 42.5 Å². The topological polar surface area (TPSA) is 38.5 Å². The first kappa shape index (κ1) is 14.3. The number of hydrogen-bond donors (Lipinski definition) is 1. The van der Waals surface area contributed by atoms with Crippen molar-refractivity contribution in [3.8, 4) is 5.75 Å². The number of methoxy groups -OCH3 is 1. The van der Waals surface area contributed by atoms with E-state index in [1.807, 2.05) is 44.3 Å². The molecule has 0 bridgehead atoms. The van der Waals surface area contributed by atoms with Crippen molar-refractivity contribution in [1.82, 2.24) is 0 Å². The Labute approximate surface area is 118 Å². The third kappa shape index (κ3) is 2.91. The highest BCUT2D eigenvalue weighted by atomic mass is 19.1. The van der Waals surface area contributed by atoms with Crippen LogP contribution in [0.25, 0.3) is 0 Å². The quantitative estimate of drug-likeness (QED) is 0.925. The first-order valence-corrected chi connectivity index (χ1v) is 6.45. The van der Waals surface area contributed by atoms with Gasteiger partial charge in [-0.15, -0.1) is 0 Å². The molecule has 0 aliphatic carbocycles. The van der Waals surface area contributed by atoms with Crippen molar-refractivity contribution in [1.29, 1.82) is 0 Å². The van der Waals surface area contributed by atoms with E-state index in [1.54, 1.807) is 18.1 Å². The molecule has 0 aliphatic rings. The van der Waals surface area contributed by atoms with Crippen LogP contribution < -0.4 is 15.4 Å². The standard InChI is InChI=1S/C16H19FN2O/c1-11(18)12-7-8-16(15(17)9-12)19(2)13-5-4-6-14(10-13)20-3/h4-11H,18H2,1-3H3. The summed E-state index contributed by atoms with van der Waals surface area (Å²) in [4.78, 5) is 1.78. The highest BCUT2D eigenvalue weighted by Gasteiger charge is 2.12. The van der Waals surface area contributed by atoms with Gasteiger partial charge in [-0.2, -0.15) is 0 Å². The number of rotatable bonds is 4. The average molecular weight is 274 g/mol. The summed E-state index contributed by atoms with van der Waals surface area (Å²) in [6.07, 6.45) is 0. The molecule has 2 N–H and O–H groups in total.